The molecule has 1 unspecified atom stereocenters. The van der Waals surface area contributed by atoms with Crippen LogP contribution in [-0.4, -0.2) is 4.83 Å². The van der Waals surface area contributed by atoms with Gasteiger partial charge in [0.2, 0.25) is 0 Å². The van der Waals surface area contributed by atoms with Crippen molar-refractivity contribution in [2.24, 2.45) is 0 Å². The van der Waals surface area contributed by atoms with Crippen molar-refractivity contribution < 1.29 is 13.2 Å². The molecule has 0 aliphatic carbocycles. The summed E-state index contributed by atoms with van der Waals surface area (Å²) < 4.78 is 37.9. The fraction of sp³-hybridized carbons (Fsp3) is 0.500. The Morgan fingerprint density at radius 3 is 2.41 bits per heavy atom. The predicted octanol–water partition coefficient (Wildman–Crippen LogP) is 5.57. The van der Waals surface area contributed by atoms with Gasteiger partial charge in [0, 0.05) is 9.30 Å². The SMILES string of the molecule is CCCC(Br)Cc1ccc(C(F)(F)F)cc1Br. The molecule has 0 aromatic heterocycles. The van der Waals surface area contributed by atoms with Crippen LogP contribution in [-0.2, 0) is 12.6 Å². The maximum atomic E-state index is 12.5. The molecule has 0 bridgehead atoms. The van der Waals surface area contributed by atoms with Crippen LogP contribution in [0.4, 0.5) is 13.2 Å². The molecule has 96 valence electrons. The van der Waals surface area contributed by atoms with Crippen molar-refractivity contribution in [1.82, 2.24) is 0 Å². The van der Waals surface area contributed by atoms with Crippen LogP contribution in [0, 0.1) is 0 Å². The normalized spacial score (nSPS) is 13.8. The van der Waals surface area contributed by atoms with E-state index in [1.54, 1.807) is 0 Å². The van der Waals surface area contributed by atoms with Crippen molar-refractivity contribution >= 4 is 31.9 Å². The highest BCUT2D eigenvalue weighted by Crippen LogP contribution is 2.33. The van der Waals surface area contributed by atoms with E-state index in [1.165, 1.54) is 6.07 Å². The lowest BCUT2D eigenvalue weighted by atomic mass is 10.1. The molecule has 0 spiro atoms. The summed E-state index contributed by atoms with van der Waals surface area (Å²) in [7, 11) is 0. The van der Waals surface area contributed by atoms with Crippen molar-refractivity contribution in [3.63, 3.8) is 0 Å². The standard InChI is InChI=1S/C12H13Br2F3/c1-2-3-10(13)6-8-4-5-9(7-11(8)14)12(15,16)17/h4-5,7,10H,2-3,6H2,1H3. The second kappa shape index (κ2) is 6.23. The molecule has 0 amide bonds. The van der Waals surface area contributed by atoms with E-state index in [0.29, 0.717) is 9.30 Å². The van der Waals surface area contributed by atoms with Gasteiger partial charge in [-0.05, 0) is 30.5 Å². The van der Waals surface area contributed by atoms with Crippen molar-refractivity contribution in [3.8, 4) is 0 Å². The van der Waals surface area contributed by atoms with E-state index in [-0.39, 0.29) is 0 Å². The molecule has 0 heterocycles. The molecule has 1 rings (SSSR count). The lowest BCUT2D eigenvalue weighted by Gasteiger charge is -2.12. The third-order valence-corrected chi connectivity index (χ3v) is 3.94. The maximum Gasteiger partial charge on any atom is 0.416 e. The van der Waals surface area contributed by atoms with Crippen molar-refractivity contribution in [1.29, 1.82) is 0 Å². The van der Waals surface area contributed by atoms with E-state index in [9.17, 15) is 13.2 Å². The molecule has 1 aromatic carbocycles. The van der Waals surface area contributed by atoms with Gasteiger partial charge in [-0.2, -0.15) is 13.2 Å². The molecule has 1 aromatic rings. The van der Waals surface area contributed by atoms with Gasteiger partial charge in [0.05, 0.1) is 5.56 Å². The predicted molar refractivity (Wildman–Crippen MR) is 70.5 cm³/mol. The average molecular weight is 374 g/mol. The third-order valence-electron chi connectivity index (χ3n) is 2.42. The highest BCUT2D eigenvalue weighted by molar-refractivity contribution is 9.10. The summed E-state index contributed by atoms with van der Waals surface area (Å²) in [6, 6.07) is 3.81. The Hall–Kier alpha value is -0.0300. The third kappa shape index (κ3) is 4.62. The Balaban J connectivity index is 2.83. The Morgan fingerprint density at radius 1 is 1.29 bits per heavy atom. The van der Waals surface area contributed by atoms with Crippen LogP contribution in [0.15, 0.2) is 22.7 Å². The maximum absolute atomic E-state index is 12.5. The monoisotopic (exact) mass is 372 g/mol. The first-order valence-corrected chi connectivity index (χ1v) is 7.05. The van der Waals surface area contributed by atoms with Crippen LogP contribution < -0.4 is 0 Å². The smallest absolute Gasteiger partial charge is 0.166 e. The van der Waals surface area contributed by atoms with Crippen LogP contribution >= 0.6 is 31.9 Å². The number of alkyl halides is 4. The Bertz CT molecular complexity index is 375. The molecule has 17 heavy (non-hydrogen) atoms. The van der Waals surface area contributed by atoms with E-state index in [1.807, 2.05) is 0 Å². The van der Waals surface area contributed by atoms with Gasteiger partial charge >= 0.3 is 6.18 Å². The van der Waals surface area contributed by atoms with Gasteiger partial charge in [0.25, 0.3) is 0 Å². The van der Waals surface area contributed by atoms with Crippen LogP contribution in [0.3, 0.4) is 0 Å². The van der Waals surface area contributed by atoms with Gasteiger partial charge < -0.3 is 0 Å². The summed E-state index contributed by atoms with van der Waals surface area (Å²) in [6.45, 7) is 2.08. The Morgan fingerprint density at radius 2 is 1.94 bits per heavy atom. The van der Waals surface area contributed by atoms with Crippen LogP contribution in [0.25, 0.3) is 0 Å². The summed E-state index contributed by atoms with van der Waals surface area (Å²) in [5.41, 5.74) is 0.281. The minimum absolute atomic E-state index is 0.306. The molecule has 0 radical (unpaired) electrons. The molecule has 0 aliphatic heterocycles. The second-order valence-electron chi connectivity index (χ2n) is 3.89. The number of hydrogen-bond donors (Lipinski definition) is 0. The first-order valence-electron chi connectivity index (χ1n) is 5.34. The van der Waals surface area contributed by atoms with E-state index in [0.717, 1.165) is 37.0 Å². The first-order chi connectivity index (χ1) is 7.84. The summed E-state index contributed by atoms with van der Waals surface area (Å²) in [6.07, 6.45) is -1.49. The van der Waals surface area contributed by atoms with Crippen LogP contribution in [0.5, 0.6) is 0 Å². The zero-order chi connectivity index (χ0) is 13.1. The fourth-order valence-electron chi connectivity index (χ4n) is 1.54. The Labute approximate surface area is 116 Å². The molecular weight excluding hydrogens is 361 g/mol. The quantitative estimate of drug-likeness (QED) is 0.605. The summed E-state index contributed by atoms with van der Waals surface area (Å²) in [5.74, 6) is 0. The van der Waals surface area contributed by atoms with Gasteiger partial charge in [0.1, 0.15) is 0 Å². The Kier molecular flexibility index (Phi) is 5.51. The highest BCUT2D eigenvalue weighted by Gasteiger charge is 2.30. The molecular formula is C12H13Br2F3. The molecule has 1 atom stereocenters. The number of hydrogen-bond acceptors (Lipinski definition) is 0. The lowest BCUT2D eigenvalue weighted by molar-refractivity contribution is -0.137. The van der Waals surface area contributed by atoms with E-state index < -0.39 is 11.7 Å². The molecule has 0 nitrogen and oxygen atoms in total. The van der Waals surface area contributed by atoms with Gasteiger partial charge in [-0.3, -0.25) is 0 Å². The molecule has 0 fully saturated rings. The largest absolute Gasteiger partial charge is 0.416 e. The summed E-state index contributed by atoms with van der Waals surface area (Å²) >= 11 is 6.72. The highest BCUT2D eigenvalue weighted by atomic mass is 79.9. The lowest BCUT2D eigenvalue weighted by Crippen LogP contribution is -2.07. The number of rotatable bonds is 4. The van der Waals surface area contributed by atoms with Gasteiger partial charge in [0.15, 0.2) is 0 Å². The minimum Gasteiger partial charge on any atom is -0.166 e. The summed E-state index contributed by atoms with van der Waals surface area (Å²) in [5, 5.41) is 0. The van der Waals surface area contributed by atoms with Crippen LogP contribution in [0.2, 0.25) is 0 Å². The average Bonchev–Trinajstić information content (AvgIpc) is 2.20. The number of benzene rings is 1. The molecule has 0 N–H and O–H groups in total. The van der Waals surface area contributed by atoms with Gasteiger partial charge in [-0.15, -0.1) is 0 Å². The fourth-order valence-corrected chi connectivity index (χ4v) is 2.89. The topological polar surface area (TPSA) is 0 Å². The zero-order valence-electron chi connectivity index (χ0n) is 9.32. The molecule has 5 heteroatoms. The second-order valence-corrected chi connectivity index (χ2v) is 6.04. The number of halogens is 5. The van der Waals surface area contributed by atoms with Crippen molar-refractivity contribution in [2.45, 2.75) is 37.2 Å². The molecule has 0 aliphatic rings. The minimum atomic E-state index is -4.28. The first kappa shape index (κ1) is 15.0. The van der Waals surface area contributed by atoms with Gasteiger partial charge in [-0.25, -0.2) is 0 Å². The van der Waals surface area contributed by atoms with Crippen LogP contribution in [0.1, 0.15) is 30.9 Å². The van der Waals surface area contributed by atoms with Crippen molar-refractivity contribution in [2.75, 3.05) is 0 Å². The van der Waals surface area contributed by atoms with Crippen molar-refractivity contribution in [3.05, 3.63) is 33.8 Å². The van der Waals surface area contributed by atoms with E-state index >= 15 is 0 Å². The summed E-state index contributed by atoms with van der Waals surface area (Å²) in [4.78, 5) is 0.306. The molecule has 0 saturated carbocycles. The molecule has 0 saturated heterocycles. The van der Waals surface area contributed by atoms with E-state index in [2.05, 4.69) is 38.8 Å². The zero-order valence-corrected chi connectivity index (χ0v) is 12.5. The van der Waals surface area contributed by atoms with E-state index in [4.69, 9.17) is 0 Å². The van der Waals surface area contributed by atoms with Gasteiger partial charge in [-0.1, -0.05) is 51.3 Å².